The molecule has 7 aromatic rings. The zero-order valence-electron chi connectivity index (χ0n) is 62.1. The summed E-state index contributed by atoms with van der Waals surface area (Å²) in [6.07, 6.45) is 7.06. The van der Waals surface area contributed by atoms with E-state index < -0.39 is 94.0 Å². The summed E-state index contributed by atoms with van der Waals surface area (Å²) in [4.78, 5) is 171. The molecule has 6 aromatic heterocycles. The van der Waals surface area contributed by atoms with E-state index in [-0.39, 0.29) is 172 Å². The van der Waals surface area contributed by atoms with Gasteiger partial charge in [0.1, 0.15) is 103 Å². The molecule has 6 unspecified atom stereocenters. The van der Waals surface area contributed by atoms with E-state index in [1.165, 1.54) is 41.1 Å². The van der Waals surface area contributed by atoms with Crippen LogP contribution in [0.25, 0.3) is 22.3 Å². The molecular formula is C68H87IN24O17S5. The molecule has 2 fully saturated rings. The lowest BCUT2D eigenvalue weighted by atomic mass is 10.0. The fraction of sp³-hybridized carbons (Fsp3) is 0.426. The number of esters is 1. The van der Waals surface area contributed by atoms with Crippen LogP contribution in [-0.2, 0) is 99.9 Å². The van der Waals surface area contributed by atoms with Crippen molar-refractivity contribution in [3.05, 3.63) is 113 Å². The SMILES string of the molecule is C.CCO/N=C(\C(=O)NC1C(=O)N2C(C(=O)OCc3ccc(OC)cc3)=C(C[n+]3cccc4c3ncn4CC(=O)NCCCC(NC(=O)OC(C)(C)C)C(N)=O)CSC12)c1nsc(N)n1.CCO/N=C(\C(=O)NC1C(=O)N2C(C(=O)[O-])=C(C[n+]3cccc4c3ncn4CC(=O)NCCCC(N)C(N)=O)CSC12)c1nsc(N)n1.S.[I-]. The monoisotopic (exact) mass is 1800 g/mol. The molecule has 11 rings (SSSR count). The van der Waals surface area contributed by atoms with Gasteiger partial charge in [-0.2, -0.15) is 32.2 Å². The summed E-state index contributed by atoms with van der Waals surface area (Å²) in [6.45, 7) is 9.24. The number of alkyl carbamates (subject to hydrolysis) is 1. The number of nitrogens with one attached hydrogen (secondary N) is 5. The zero-order valence-corrected chi connectivity index (χ0v) is 68.5. The van der Waals surface area contributed by atoms with Crippen LogP contribution in [0.15, 0.2) is 106 Å². The number of amides is 9. The molecular weight excluding hydrogens is 1710 g/mol. The quantitative estimate of drug-likeness (QED) is 0.00343. The molecule has 115 heavy (non-hydrogen) atoms. The number of carboxylic acids is 1. The Balaban J connectivity index is 0.000000322. The number of carboxylic acid groups (broad SMARTS) is 1. The van der Waals surface area contributed by atoms with Crippen molar-refractivity contribution in [2.24, 2.45) is 27.5 Å². The molecule has 2 saturated heterocycles. The lowest BCUT2D eigenvalue weighted by molar-refractivity contribution is -0.665. The second-order valence-electron chi connectivity index (χ2n) is 26.0. The third kappa shape index (κ3) is 22.8. The van der Waals surface area contributed by atoms with Crippen LogP contribution in [0.4, 0.5) is 15.1 Å². The van der Waals surface area contributed by atoms with Gasteiger partial charge in [0.25, 0.3) is 23.6 Å². The maximum absolute atomic E-state index is 14.1. The predicted octanol–water partition coefficient (Wildman–Crippen LogP) is -5.06. The highest BCUT2D eigenvalue weighted by atomic mass is 127. The molecule has 0 spiro atoms. The van der Waals surface area contributed by atoms with Crippen molar-refractivity contribution in [2.45, 2.75) is 141 Å². The zero-order chi connectivity index (χ0) is 80.7. The van der Waals surface area contributed by atoms with Gasteiger partial charge in [-0.05, 0) is 112 Å². The molecule has 10 heterocycles. The van der Waals surface area contributed by atoms with Crippen LogP contribution in [-0.4, -0.2) is 210 Å². The number of nitrogen functional groups attached to an aromatic ring is 2. The van der Waals surface area contributed by atoms with Gasteiger partial charge in [0.05, 0.1) is 37.2 Å². The number of halogens is 1. The summed E-state index contributed by atoms with van der Waals surface area (Å²) in [7, 11) is 1.54. The van der Waals surface area contributed by atoms with Crippen molar-refractivity contribution in [1.29, 1.82) is 0 Å². The van der Waals surface area contributed by atoms with E-state index in [1.807, 2.05) is 0 Å². The molecule has 0 bridgehead atoms. The van der Waals surface area contributed by atoms with Crippen LogP contribution < -0.4 is 98.2 Å². The third-order valence-electron chi connectivity index (χ3n) is 16.9. The summed E-state index contributed by atoms with van der Waals surface area (Å²) in [5, 5.41) is 32.2. The Morgan fingerprint density at radius 3 is 1.59 bits per heavy atom. The number of carbonyl (C=O) groups is 11. The molecule has 6 atom stereocenters. The highest BCUT2D eigenvalue weighted by Crippen LogP contribution is 2.42. The number of rotatable bonds is 34. The van der Waals surface area contributed by atoms with Crippen molar-refractivity contribution >= 4 is 169 Å². The van der Waals surface area contributed by atoms with E-state index >= 15 is 0 Å². The number of imidazole rings is 2. The number of thioether (sulfide) groups is 2. The number of carbonyl (C=O) groups excluding carboxylic acids is 11. The first-order chi connectivity index (χ1) is 53.6. The van der Waals surface area contributed by atoms with Crippen LogP contribution in [0.3, 0.4) is 0 Å². The molecule has 47 heteroatoms. The number of methoxy groups -OCH3 is 1. The number of nitrogens with two attached hydrogens (primary N) is 5. The number of ether oxygens (including phenoxy) is 3. The van der Waals surface area contributed by atoms with E-state index in [2.05, 4.69) is 65.6 Å². The van der Waals surface area contributed by atoms with Crippen LogP contribution in [0.1, 0.15) is 84.9 Å². The lowest BCUT2D eigenvalue weighted by Gasteiger charge is -2.50. The standard InChI is InChI=1S/C40H48N12O10S2.C27H32N12O7S2.CH4.HI.H2S/c1-6-61-48-28(32-47-38(42)64-49-32)34(55)46-29-35(56)52-30(37(57)60-19-22-11-13-24(59-5)14-12-22)23(20-63-36(29)52)17-50-16-8-10-26-33(50)44-21-51(26)18-27(53)43-15-7-9-25(31(41)54)45-39(58)62-40(2,3)4;1-2-46-35-17(21-34-27(30)48-36-21)23(42)33-18-24(43)39-19(26(44)45)13(11-47-25(18)39)9-37-8-4-6-15-22(37)32-12-38(15)10-16(40)31-7-3-5-14(28)20(29)41;;;/h8,10-14,16,21,25,29,36H,6-7,9,15,17-20H2,1-5H3,(H6-,41,42,43,45,46,47,49,53,54,55,58);4,6,8,12,14,18,25H,2-3,5,7,9-11,28H2,1H3,(H6-,29,30,31,33,34,36,40,41,42,44,45);1H4;1H;1H2/b48-28-;35-17-;;;. The summed E-state index contributed by atoms with van der Waals surface area (Å²) in [5.74, 6) is -6.00. The Morgan fingerprint density at radius 2 is 1.17 bits per heavy atom. The van der Waals surface area contributed by atoms with Gasteiger partial charge in [-0.15, -0.1) is 23.5 Å². The topological polar surface area (TPSA) is 573 Å². The van der Waals surface area contributed by atoms with Crippen molar-refractivity contribution < 1.29 is 115 Å². The van der Waals surface area contributed by atoms with Crippen LogP contribution >= 0.6 is 60.1 Å². The first-order valence-electron chi connectivity index (χ1n) is 34.7. The third-order valence-corrected chi connectivity index (χ3v) is 20.7. The van der Waals surface area contributed by atoms with Gasteiger partial charge in [-0.25, -0.2) is 18.7 Å². The number of pyridine rings is 2. The molecule has 0 saturated carbocycles. The van der Waals surface area contributed by atoms with E-state index in [4.69, 9.17) is 52.6 Å². The fourth-order valence-corrected chi connectivity index (χ4v) is 15.2. The Kier molecular flexibility index (Phi) is 32.9. The smallest absolute Gasteiger partial charge is 0.408 e. The number of fused-ring (bicyclic) bond motifs is 4. The number of nitrogens with zero attached hydrogens (tertiary/aromatic N) is 14. The number of hydrogen-bond donors (Lipinski definition) is 10. The van der Waals surface area contributed by atoms with E-state index in [1.54, 1.807) is 121 Å². The number of aromatic nitrogens is 10. The van der Waals surface area contributed by atoms with Gasteiger partial charge in [0.2, 0.25) is 59.4 Å². The van der Waals surface area contributed by atoms with Crippen molar-refractivity contribution in [2.75, 3.05) is 56.4 Å². The van der Waals surface area contributed by atoms with Gasteiger partial charge in [0, 0.05) is 58.8 Å². The minimum absolute atomic E-state index is 0. The summed E-state index contributed by atoms with van der Waals surface area (Å²) >= 11 is 4.34. The largest absolute Gasteiger partial charge is 1.00 e. The number of anilines is 2. The lowest BCUT2D eigenvalue weighted by Crippen LogP contribution is -3.00. The van der Waals surface area contributed by atoms with E-state index in [0.29, 0.717) is 70.6 Å². The van der Waals surface area contributed by atoms with Crippen molar-refractivity contribution in [3.63, 3.8) is 0 Å². The van der Waals surface area contributed by atoms with Crippen molar-refractivity contribution in [3.8, 4) is 5.75 Å². The number of hydrogen-bond acceptors (Lipinski definition) is 32. The van der Waals surface area contributed by atoms with Gasteiger partial charge < -0.3 is 113 Å². The Hall–Kier alpha value is -10.9. The van der Waals surface area contributed by atoms with E-state index in [9.17, 15) is 57.8 Å². The summed E-state index contributed by atoms with van der Waals surface area (Å²) < 4.78 is 31.1. The fourth-order valence-electron chi connectivity index (χ4n) is 11.7. The maximum Gasteiger partial charge on any atom is 0.408 e. The number of aliphatic carboxylic acids is 1. The minimum Gasteiger partial charge on any atom is -1.00 e. The molecule has 0 radical (unpaired) electrons. The molecule has 4 aliphatic heterocycles. The predicted molar refractivity (Wildman–Crippen MR) is 418 cm³/mol. The van der Waals surface area contributed by atoms with Crippen LogP contribution in [0.5, 0.6) is 5.75 Å². The highest BCUT2D eigenvalue weighted by Gasteiger charge is 2.56. The molecule has 41 nitrogen and oxygen atoms in total. The average Bonchev–Trinajstić information content (AvgIpc) is 1.46. The highest BCUT2D eigenvalue weighted by molar-refractivity contribution is 8.00. The molecule has 1 aromatic carbocycles. The average molecular weight is 1800 g/mol. The van der Waals surface area contributed by atoms with Crippen molar-refractivity contribution in [1.82, 2.24) is 74.2 Å². The van der Waals surface area contributed by atoms with Gasteiger partial charge in [-0.3, -0.25) is 57.3 Å². The van der Waals surface area contributed by atoms with Gasteiger partial charge >= 0.3 is 23.4 Å². The molecule has 618 valence electrons. The first-order valence-corrected chi connectivity index (χ1v) is 38.3. The maximum atomic E-state index is 14.1. The Labute approximate surface area is 697 Å². The summed E-state index contributed by atoms with van der Waals surface area (Å²) in [6, 6.07) is 10.2. The number of oxime groups is 2. The normalized spacial score (nSPS) is 16.9. The first kappa shape index (κ1) is 91.3. The number of benzene rings is 1. The second kappa shape index (κ2) is 41.4. The Morgan fingerprint density at radius 1 is 0.696 bits per heavy atom. The Bertz CT molecular complexity index is 4890. The molecule has 9 amide bonds. The molecule has 0 aliphatic carbocycles. The number of β-lactam (4-membered cyclic amide) rings is 2. The van der Waals surface area contributed by atoms with E-state index in [0.717, 1.165) is 28.0 Å². The minimum atomic E-state index is -1.54. The summed E-state index contributed by atoms with van der Waals surface area (Å²) in [5.41, 5.74) is 29.9. The number of primary amides is 2. The van der Waals surface area contributed by atoms with Gasteiger partial charge in [-0.1, -0.05) is 29.9 Å². The van der Waals surface area contributed by atoms with Crippen LogP contribution in [0.2, 0.25) is 0 Å². The van der Waals surface area contributed by atoms with Gasteiger partial charge in [0.15, 0.2) is 10.3 Å². The molecule has 15 N–H and O–H groups in total. The molecule has 4 aliphatic rings. The van der Waals surface area contributed by atoms with Crippen LogP contribution in [0, 0.1) is 0 Å². The second-order valence-corrected chi connectivity index (χ2v) is 29.8.